The molecule has 2 aromatic rings. The number of nitrogens with zero attached hydrogens (tertiary/aromatic N) is 1. The Hall–Kier alpha value is -1.90. The van der Waals surface area contributed by atoms with Crippen LogP contribution in [0.2, 0.25) is 0 Å². The van der Waals surface area contributed by atoms with E-state index in [-0.39, 0.29) is 5.05 Å². The molecule has 1 unspecified atom stereocenters. The number of halogens is 3. The van der Waals surface area contributed by atoms with Gasteiger partial charge in [-0.1, -0.05) is 22.6 Å². The lowest BCUT2D eigenvalue weighted by Crippen LogP contribution is -2.25. The molecule has 0 heterocycles. The van der Waals surface area contributed by atoms with Crippen molar-refractivity contribution in [2.75, 3.05) is 7.11 Å². The fourth-order valence-corrected chi connectivity index (χ4v) is 3.33. The zero-order chi connectivity index (χ0) is 22.0. The van der Waals surface area contributed by atoms with Crippen molar-refractivity contribution < 1.29 is 22.5 Å². The Balaban J connectivity index is 2.75. The Kier molecular flexibility index (Phi) is 7.14. The number of rotatable bonds is 4. The zero-order valence-corrected chi connectivity index (χ0v) is 18.4. The molecule has 29 heavy (non-hydrogen) atoms. The third-order valence-electron chi connectivity index (χ3n) is 4.14. The minimum absolute atomic E-state index is 0.169. The second kappa shape index (κ2) is 8.85. The van der Waals surface area contributed by atoms with Crippen molar-refractivity contribution >= 4 is 34.8 Å². The number of ether oxygens (including phenoxy) is 1. The summed E-state index contributed by atoms with van der Waals surface area (Å²) in [5.74, 6) is 0. The van der Waals surface area contributed by atoms with E-state index in [2.05, 4.69) is 4.40 Å². The largest absolute Gasteiger partial charge is 0.591 e. The van der Waals surface area contributed by atoms with Gasteiger partial charge >= 0.3 is 6.18 Å². The van der Waals surface area contributed by atoms with E-state index in [1.807, 2.05) is 0 Å². The maximum absolute atomic E-state index is 13.4. The molecule has 1 atom stereocenters. The van der Waals surface area contributed by atoms with Crippen LogP contribution in [-0.4, -0.2) is 27.7 Å². The predicted molar refractivity (Wildman–Crippen MR) is 116 cm³/mol. The van der Waals surface area contributed by atoms with Gasteiger partial charge in [-0.05, 0) is 74.8 Å². The highest BCUT2D eigenvalue weighted by Crippen LogP contribution is 2.36. The molecule has 156 valence electrons. The number of alkyl halides is 3. The molecule has 2 rings (SSSR count). The summed E-state index contributed by atoms with van der Waals surface area (Å²) in [5.41, 5.74) is 1.67. The maximum Gasteiger partial charge on any atom is 0.416 e. The van der Waals surface area contributed by atoms with Crippen LogP contribution in [-0.2, 0) is 22.3 Å². The molecule has 0 aliphatic carbocycles. The number of hydrogen-bond acceptors (Lipinski definition) is 4. The summed E-state index contributed by atoms with van der Waals surface area (Å²) in [6, 6.07) is 8.61. The van der Waals surface area contributed by atoms with E-state index in [0.29, 0.717) is 22.3 Å². The van der Waals surface area contributed by atoms with Gasteiger partial charge in [0.1, 0.15) is 16.1 Å². The van der Waals surface area contributed by atoms with Crippen LogP contribution in [0.3, 0.4) is 0 Å². The van der Waals surface area contributed by atoms with Crippen LogP contribution >= 0.6 is 12.2 Å². The topological polar surface area (TPSA) is 44.6 Å². The van der Waals surface area contributed by atoms with Crippen molar-refractivity contribution in [1.82, 2.24) is 0 Å². The van der Waals surface area contributed by atoms with Gasteiger partial charge in [0.15, 0.2) is 5.05 Å². The molecule has 0 aliphatic heterocycles. The Morgan fingerprint density at radius 1 is 1.17 bits per heavy atom. The molecule has 0 N–H and O–H groups in total. The van der Waals surface area contributed by atoms with Crippen LogP contribution < -0.4 is 0 Å². The maximum atomic E-state index is 13.4. The first-order chi connectivity index (χ1) is 13.4. The zero-order valence-electron chi connectivity index (χ0n) is 16.8. The van der Waals surface area contributed by atoms with Gasteiger partial charge in [0, 0.05) is 11.1 Å². The van der Waals surface area contributed by atoms with Gasteiger partial charge in [-0.25, -0.2) is 0 Å². The number of thiocarbonyl (C=S) groups is 1. The third kappa shape index (κ3) is 5.58. The first-order valence-electron chi connectivity index (χ1n) is 8.72. The van der Waals surface area contributed by atoms with Crippen LogP contribution in [0.4, 0.5) is 13.2 Å². The lowest BCUT2D eigenvalue weighted by molar-refractivity contribution is -0.137. The van der Waals surface area contributed by atoms with Crippen LogP contribution in [0.25, 0.3) is 11.1 Å². The molecule has 0 aliphatic rings. The number of methoxy groups -OCH3 is 1. The minimum Gasteiger partial charge on any atom is -0.591 e. The van der Waals surface area contributed by atoms with Gasteiger partial charge in [0.2, 0.25) is 0 Å². The Morgan fingerprint density at radius 2 is 1.83 bits per heavy atom. The second-order valence-electron chi connectivity index (χ2n) is 7.38. The number of hydrogen-bond donors (Lipinski definition) is 0. The van der Waals surface area contributed by atoms with E-state index >= 15 is 0 Å². The van der Waals surface area contributed by atoms with Crippen molar-refractivity contribution in [1.29, 1.82) is 0 Å². The summed E-state index contributed by atoms with van der Waals surface area (Å²) < 4.78 is 61.1. The molecule has 0 spiro atoms. The van der Waals surface area contributed by atoms with Crippen LogP contribution in [0.15, 0.2) is 40.8 Å². The lowest BCUT2D eigenvalue weighted by atomic mass is 9.90. The Morgan fingerprint density at radius 3 is 2.38 bits per heavy atom. The molecule has 2 aromatic carbocycles. The summed E-state index contributed by atoms with van der Waals surface area (Å²) in [5, 5.41) is 0.169. The summed E-state index contributed by atoms with van der Waals surface area (Å²) in [7, 11) is 1.41. The smallest absolute Gasteiger partial charge is 0.416 e. The summed E-state index contributed by atoms with van der Waals surface area (Å²) in [6.07, 6.45) is -3.16. The summed E-state index contributed by atoms with van der Waals surface area (Å²) in [4.78, 5) is 0. The Bertz CT molecular complexity index is 934. The Labute approximate surface area is 177 Å². The first kappa shape index (κ1) is 23.4. The van der Waals surface area contributed by atoms with Crippen LogP contribution in [0.5, 0.6) is 0 Å². The molecule has 0 saturated heterocycles. The van der Waals surface area contributed by atoms with Gasteiger partial charge in [-0.15, -0.1) is 0 Å². The quantitative estimate of drug-likeness (QED) is 0.338. The van der Waals surface area contributed by atoms with Crippen molar-refractivity contribution in [3.05, 3.63) is 58.7 Å². The first-order valence-corrected chi connectivity index (χ1v) is 10.2. The second-order valence-corrected chi connectivity index (χ2v) is 9.69. The van der Waals surface area contributed by atoms with Crippen molar-refractivity contribution in [2.45, 2.75) is 38.6 Å². The van der Waals surface area contributed by atoms with E-state index < -0.39 is 27.8 Å². The molecule has 3 nitrogen and oxygen atoms in total. The molecule has 0 amide bonds. The molecule has 0 radical (unpaired) electrons. The molecular weight excluding hydrogens is 419 g/mol. The number of aryl methyl sites for hydroxylation is 1. The van der Waals surface area contributed by atoms with Gasteiger partial charge in [0.25, 0.3) is 0 Å². The highest BCUT2D eigenvalue weighted by atomic mass is 32.2. The lowest BCUT2D eigenvalue weighted by Gasteiger charge is -2.19. The normalized spacial score (nSPS) is 13.6. The third-order valence-corrected chi connectivity index (χ3v) is 5.87. The highest BCUT2D eigenvalue weighted by Gasteiger charge is 2.32. The van der Waals surface area contributed by atoms with E-state index in [4.69, 9.17) is 17.0 Å². The van der Waals surface area contributed by atoms with Crippen LogP contribution in [0, 0.1) is 6.92 Å². The highest BCUT2D eigenvalue weighted by molar-refractivity contribution is 7.91. The molecule has 0 saturated carbocycles. The average molecular weight is 442 g/mol. The van der Waals surface area contributed by atoms with E-state index in [9.17, 15) is 17.7 Å². The van der Waals surface area contributed by atoms with Gasteiger partial charge in [-0.2, -0.15) is 13.2 Å². The predicted octanol–water partition coefficient (Wildman–Crippen LogP) is 5.88. The standard InChI is InChI=1S/C21H22F3NO2S2/c1-13-7-6-8-16(19(28)27-5)18(13)17-11-15(21(22,23)24)10-9-14(17)12-25-29(26)20(2,3)4/h6-12H,1-5H3/b25-12+. The van der Waals surface area contributed by atoms with Crippen LogP contribution in [0.1, 0.15) is 43.0 Å². The van der Waals surface area contributed by atoms with E-state index in [1.54, 1.807) is 45.9 Å². The van der Waals surface area contributed by atoms with E-state index in [1.165, 1.54) is 19.4 Å². The van der Waals surface area contributed by atoms with Crippen molar-refractivity contribution in [2.24, 2.45) is 4.40 Å². The molecule has 0 fully saturated rings. The minimum atomic E-state index is -4.51. The van der Waals surface area contributed by atoms with Crippen molar-refractivity contribution in [3.63, 3.8) is 0 Å². The molecule has 0 aromatic heterocycles. The molecule has 8 heteroatoms. The fraction of sp³-hybridized carbons (Fsp3) is 0.333. The fourth-order valence-electron chi connectivity index (χ4n) is 2.63. The summed E-state index contributed by atoms with van der Waals surface area (Å²) in [6.45, 7) is 7.09. The average Bonchev–Trinajstić information content (AvgIpc) is 2.63. The SMILES string of the molecule is COC(=S)c1cccc(C)c1-c1cc(C(F)(F)F)ccc1/C=N/[S+]([O-])C(C)(C)C. The van der Waals surface area contributed by atoms with Crippen molar-refractivity contribution in [3.8, 4) is 11.1 Å². The van der Waals surface area contributed by atoms with Gasteiger partial charge in [-0.3, -0.25) is 0 Å². The monoisotopic (exact) mass is 441 g/mol. The number of benzene rings is 2. The van der Waals surface area contributed by atoms with Gasteiger partial charge < -0.3 is 9.29 Å². The molecule has 0 bridgehead atoms. The van der Waals surface area contributed by atoms with Gasteiger partial charge in [0.05, 0.1) is 18.9 Å². The van der Waals surface area contributed by atoms with E-state index in [0.717, 1.165) is 17.7 Å². The summed E-state index contributed by atoms with van der Waals surface area (Å²) >= 11 is 3.70. The molecular formula is C21H22F3NO2S2.